The summed E-state index contributed by atoms with van der Waals surface area (Å²) in [7, 11) is 1.61. The van der Waals surface area contributed by atoms with Crippen molar-refractivity contribution < 1.29 is 28.9 Å². The number of Topliss-reactive ketones (excluding diaryl/α,β-unsaturated/α-hetero) is 2. The molecule has 0 saturated carbocycles. The molecule has 40 heavy (non-hydrogen) atoms. The van der Waals surface area contributed by atoms with Crippen LogP contribution in [-0.4, -0.2) is 68.1 Å². The number of hydrogen-bond donors (Lipinski definition) is 1. The van der Waals surface area contributed by atoms with Crippen molar-refractivity contribution in [1.29, 1.82) is 0 Å². The highest BCUT2D eigenvalue weighted by atomic mass is 16.6. The van der Waals surface area contributed by atoms with Gasteiger partial charge in [0.15, 0.2) is 17.3 Å². The van der Waals surface area contributed by atoms with Gasteiger partial charge in [-0.2, -0.15) is 0 Å². The zero-order valence-electron chi connectivity index (χ0n) is 24.2. The first-order chi connectivity index (χ1) is 19.4. The molecule has 7 heteroatoms. The first kappa shape index (κ1) is 30.1. The van der Waals surface area contributed by atoms with Crippen LogP contribution in [-0.2, 0) is 11.2 Å². The third-order valence-electron chi connectivity index (χ3n) is 8.54. The second kappa shape index (κ2) is 14.6. The minimum absolute atomic E-state index is 0.0190. The summed E-state index contributed by atoms with van der Waals surface area (Å²) < 4.78 is 16.6. The van der Waals surface area contributed by atoms with Gasteiger partial charge in [-0.15, -0.1) is 0 Å². The number of fused-ring (bicyclic) bond motifs is 1. The molecule has 7 nitrogen and oxygen atoms in total. The zero-order valence-corrected chi connectivity index (χ0v) is 24.2. The highest BCUT2D eigenvalue weighted by Crippen LogP contribution is 2.35. The summed E-state index contributed by atoms with van der Waals surface area (Å²) in [5.74, 6) is 2.91. The van der Waals surface area contributed by atoms with Gasteiger partial charge in [-0.05, 0) is 86.5 Å². The summed E-state index contributed by atoms with van der Waals surface area (Å²) in [6.45, 7) is 6.18. The Morgan fingerprint density at radius 3 is 2.48 bits per heavy atom. The number of unbranched alkanes of at least 4 members (excludes halogenated alkanes) is 2. The molecule has 0 bridgehead atoms. The summed E-state index contributed by atoms with van der Waals surface area (Å²) in [5, 5.41) is 9.99. The van der Waals surface area contributed by atoms with E-state index in [1.54, 1.807) is 19.2 Å². The highest BCUT2D eigenvalue weighted by molar-refractivity contribution is 5.96. The van der Waals surface area contributed by atoms with Gasteiger partial charge in [-0.25, -0.2) is 0 Å². The maximum atomic E-state index is 13.1. The van der Waals surface area contributed by atoms with Crippen molar-refractivity contribution in [3.8, 4) is 17.2 Å². The first-order valence-electron chi connectivity index (χ1n) is 14.8. The fraction of sp³-hybridized carbons (Fsp3) is 0.576. The van der Waals surface area contributed by atoms with Gasteiger partial charge in [0.2, 0.25) is 0 Å². The molecule has 0 aliphatic carbocycles. The van der Waals surface area contributed by atoms with Crippen LogP contribution in [0, 0.1) is 11.3 Å². The van der Waals surface area contributed by atoms with Crippen LogP contribution >= 0.6 is 0 Å². The number of carbonyl (C=O) groups is 2. The van der Waals surface area contributed by atoms with E-state index < -0.39 is 0 Å². The summed E-state index contributed by atoms with van der Waals surface area (Å²) in [6.07, 6.45) is 6.79. The monoisotopic (exact) mass is 551 g/mol. The Kier molecular flexibility index (Phi) is 11.0. The summed E-state index contributed by atoms with van der Waals surface area (Å²) in [5.41, 5.74) is 1.84. The van der Waals surface area contributed by atoms with Gasteiger partial charge in [0.05, 0.1) is 7.11 Å². The number of ketones is 2. The fourth-order valence-electron chi connectivity index (χ4n) is 5.96. The molecule has 0 spiro atoms. The number of rotatable bonds is 16. The third-order valence-corrected chi connectivity index (χ3v) is 8.54. The van der Waals surface area contributed by atoms with Crippen molar-refractivity contribution in [1.82, 2.24) is 4.90 Å². The standard InChI is InChI=1S/C33H45NO6/c1-3-33(24-35)15-16-34(23-33)22-26(19-25-9-14-31-32(21-25)40-18-17-39-31)20-28(36)7-5-4-6-8-30(37)27-10-12-29(38-2)13-11-27/h9-14,21,26,35H,3-8,15-20,22-24H2,1-2H3. The average Bonchev–Trinajstić information content (AvgIpc) is 3.40. The Morgan fingerprint density at radius 2 is 1.77 bits per heavy atom. The predicted molar refractivity (Wildman–Crippen MR) is 156 cm³/mol. The van der Waals surface area contributed by atoms with E-state index in [9.17, 15) is 14.7 Å². The number of carbonyl (C=O) groups excluding carboxylic acids is 2. The number of likely N-dealkylation sites (tertiary alicyclic amines) is 1. The van der Waals surface area contributed by atoms with Crippen molar-refractivity contribution in [3.05, 3.63) is 53.6 Å². The quantitative estimate of drug-likeness (QED) is 0.217. The lowest BCUT2D eigenvalue weighted by molar-refractivity contribution is -0.120. The van der Waals surface area contributed by atoms with Crippen molar-refractivity contribution in [3.63, 3.8) is 0 Å². The molecule has 2 heterocycles. The van der Waals surface area contributed by atoms with Gasteiger partial charge >= 0.3 is 0 Å². The van der Waals surface area contributed by atoms with Crippen LogP contribution in [0.15, 0.2) is 42.5 Å². The molecule has 2 aliphatic rings. The second-order valence-corrected chi connectivity index (χ2v) is 11.5. The number of benzene rings is 2. The second-order valence-electron chi connectivity index (χ2n) is 11.5. The fourth-order valence-corrected chi connectivity index (χ4v) is 5.96. The van der Waals surface area contributed by atoms with Crippen molar-refractivity contribution >= 4 is 11.6 Å². The van der Waals surface area contributed by atoms with Gasteiger partial charge in [-0.1, -0.05) is 19.4 Å². The number of methoxy groups -OCH3 is 1. The first-order valence-corrected chi connectivity index (χ1v) is 14.8. The Hall–Kier alpha value is -2.90. The van der Waals surface area contributed by atoms with E-state index in [0.717, 1.165) is 81.0 Å². The molecule has 1 N–H and O–H groups in total. The lowest BCUT2D eigenvalue weighted by Gasteiger charge is -2.28. The van der Waals surface area contributed by atoms with E-state index in [2.05, 4.69) is 24.0 Å². The average molecular weight is 552 g/mol. The Labute approximate surface area is 238 Å². The summed E-state index contributed by atoms with van der Waals surface area (Å²) in [6, 6.07) is 13.3. The normalized spacial score (nSPS) is 19.4. The van der Waals surface area contributed by atoms with Gasteiger partial charge in [0.25, 0.3) is 0 Å². The Morgan fingerprint density at radius 1 is 1.02 bits per heavy atom. The predicted octanol–water partition coefficient (Wildman–Crippen LogP) is 5.51. The van der Waals surface area contributed by atoms with Gasteiger partial charge in [-0.3, -0.25) is 9.59 Å². The molecule has 218 valence electrons. The van der Waals surface area contributed by atoms with Crippen LogP contribution in [0.5, 0.6) is 17.2 Å². The van der Waals surface area contributed by atoms with E-state index in [1.807, 2.05) is 18.2 Å². The minimum atomic E-state index is -0.0190. The maximum Gasteiger partial charge on any atom is 0.162 e. The summed E-state index contributed by atoms with van der Waals surface area (Å²) in [4.78, 5) is 28.0. The lowest BCUT2D eigenvalue weighted by atomic mass is 9.85. The van der Waals surface area contributed by atoms with E-state index in [1.165, 1.54) is 0 Å². The number of aliphatic hydroxyl groups is 1. The van der Waals surface area contributed by atoms with Crippen LogP contribution in [0.1, 0.15) is 74.2 Å². The highest BCUT2D eigenvalue weighted by Gasteiger charge is 2.36. The van der Waals surface area contributed by atoms with E-state index in [4.69, 9.17) is 14.2 Å². The Bertz CT molecular complexity index is 1110. The van der Waals surface area contributed by atoms with Gasteiger partial charge in [0, 0.05) is 49.9 Å². The third kappa shape index (κ3) is 8.31. The molecular weight excluding hydrogens is 506 g/mol. The van der Waals surface area contributed by atoms with Crippen LogP contribution in [0.3, 0.4) is 0 Å². The van der Waals surface area contributed by atoms with Crippen molar-refractivity contribution in [2.24, 2.45) is 11.3 Å². The molecule has 1 fully saturated rings. The molecule has 0 amide bonds. The maximum absolute atomic E-state index is 13.1. The smallest absolute Gasteiger partial charge is 0.162 e. The zero-order chi connectivity index (χ0) is 28.4. The number of hydrogen-bond acceptors (Lipinski definition) is 7. The molecule has 2 aromatic carbocycles. The molecule has 2 atom stereocenters. The van der Waals surface area contributed by atoms with E-state index >= 15 is 0 Å². The topological polar surface area (TPSA) is 85.3 Å². The molecule has 2 aromatic rings. The molecule has 2 unspecified atom stereocenters. The van der Waals surface area contributed by atoms with Crippen LogP contribution < -0.4 is 14.2 Å². The van der Waals surface area contributed by atoms with Crippen LogP contribution in [0.25, 0.3) is 0 Å². The molecule has 1 saturated heterocycles. The van der Waals surface area contributed by atoms with Gasteiger partial charge < -0.3 is 24.2 Å². The SMILES string of the molecule is CCC1(CO)CCN(CC(CC(=O)CCCCCC(=O)c2ccc(OC)cc2)Cc2ccc3c(c2)OCCO3)C1. The van der Waals surface area contributed by atoms with Crippen molar-refractivity contribution in [2.75, 3.05) is 46.6 Å². The van der Waals surface area contributed by atoms with Crippen LogP contribution in [0.2, 0.25) is 0 Å². The van der Waals surface area contributed by atoms with Gasteiger partial charge in [0.1, 0.15) is 24.7 Å². The number of nitrogens with zero attached hydrogens (tertiary/aromatic N) is 1. The molecule has 2 aliphatic heterocycles. The molecule has 0 aromatic heterocycles. The number of aliphatic hydroxyl groups excluding tert-OH is 1. The van der Waals surface area contributed by atoms with Crippen LogP contribution in [0.4, 0.5) is 0 Å². The molecule has 0 radical (unpaired) electrons. The largest absolute Gasteiger partial charge is 0.497 e. The number of ether oxygens (including phenoxy) is 3. The van der Waals surface area contributed by atoms with Crippen molar-refractivity contribution in [2.45, 2.75) is 64.7 Å². The minimum Gasteiger partial charge on any atom is -0.497 e. The molecule has 4 rings (SSSR count). The Balaban J connectivity index is 1.27. The van der Waals surface area contributed by atoms with E-state index in [-0.39, 0.29) is 29.5 Å². The lowest BCUT2D eigenvalue weighted by Crippen LogP contribution is -2.34. The summed E-state index contributed by atoms with van der Waals surface area (Å²) >= 11 is 0. The molecular formula is C33H45NO6. The van der Waals surface area contributed by atoms with E-state index in [0.29, 0.717) is 38.0 Å².